The molecule has 0 unspecified atom stereocenters. The first-order chi connectivity index (χ1) is 8.58. The molecule has 0 aromatic carbocycles. The molecule has 18 heavy (non-hydrogen) atoms. The summed E-state index contributed by atoms with van der Waals surface area (Å²) in [5.74, 6) is -0.933. The number of hydrogen-bond acceptors (Lipinski definition) is 4. The van der Waals surface area contributed by atoms with E-state index in [0.717, 1.165) is 25.7 Å². The first-order valence-corrected chi connectivity index (χ1v) is 6.67. The lowest BCUT2D eigenvalue weighted by atomic mass is 9.75. The van der Waals surface area contributed by atoms with Gasteiger partial charge in [-0.05, 0) is 38.2 Å². The van der Waals surface area contributed by atoms with Gasteiger partial charge in [-0.15, -0.1) is 0 Å². The Bertz CT molecular complexity index is 361. The van der Waals surface area contributed by atoms with Crippen LogP contribution in [0, 0.1) is 11.8 Å². The highest BCUT2D eigenvalue weighted by molar-refractivity contribution is 5.95. The second kappa shape index (κ2) is 5.65. The van der Waals surface area contributed by atoms with Crippen molar-refractivity contribution >= 4 is 11.8 Å². The van der Waals surface area contributed by atoms with E-state index >= 15 is 0 Å². The number of esters is 1. The van der Waals surface area contributed by atoms with Gasteiger partial charge in [-0.25, -0.2) is 0 Å². The fraction of sp³-hybridized carbons (Fsp3) is 0.714. The number of carbonyl (C=O) groups excluding carboxylic acids is 2. The van der Waals surface area contributed by atoms with Crippen LogP contribution in [-0.4, -0.2) is 29.1 Å². The molecule has 1 N–H and O–H groups in total. The average Bonchev–Trinajstić information content (AvgIpc) is 2.31. The molecule has 0 spiro atoms. The molecule has 2 aliphatic rings. The van der Waals surface area contributed by atoms with Crippen molar-refractivity contribution in [2.24, 2.45) is 11.8 Å². The second-order valence-corrected chi connectivity index (χ2v) is 5.31. The molecule has 1 heterocycles. The molecule has 1 aliphatic carbocycles. The fourth-order valence-corrected chi connectivity index (χ4v) is 2.86. The minimum atomic E-state index is -0.614. The van der Waals surface area contributed by atoms with Crippen LogP contribution in [0.25, 0.3) is 0 Å². The zero-order chi connectivity index (χ0) is 13.1. The summed E-state index contributed by atoms with van der Waals surface area (Å²) in [7, 11) is 0. The van der Waals surface area contributed by atoms with Gasteiger partial charge in [-0.2, -0.15) is 0 Å². The Morgan fingerprint density at radius 2 is 2.00 bits per heavy atom. The molecule has 2 rings (SSSR count). The first kappa shape index (κ1) is 13.3. The van der Waals surface area contributed by atoms with Gasteiger partial charge in [-0.3, -0.25) is 9.59 Å². The predicted octanol–water partition coefficient (Wildman–Crippen LogP) is 1.61. The largest absolute Gasteiger partial charge is 0.463 e. The average molecular weight is 252 g/mol. The number of allylic oxidation sites excluding steroid dienone is 1. The lowest BCUT2D eigenvalue weighted by Gasteiger charge is -2.32. The number of carbonyl (C=O) groups is 2. The summed E-state index contributed by atoms with van der Waals surface area (Å²) in [6.07, 6.45) is 5.91. The zero-order valence-corrected chi connectivity index (χ0v) is 10.7. The van der Waals surface area contributed by atoms with Gasteiger partial charge in [0, 0.05) is 5.92 Å². The highest BCUT2D eigenvalue weighted by Gasteiger charge is 2.36. The third-order valence-corrected chi connectivity index (χ3v) is 3.90. The SMILES string of the molecule is C[C@H]1CCCC[C@@H]2[C@@H](O)C=CC(=O)[C@@H]2CC(=O)O1. The normalized spacial score (nSPS) is 37.9. The minimum absolute atomic E-state index is 0.0597. The van der Waals surface area contributed by atoms with Crippen LogP contribution in [0.2, 0.25) is 0 Å². The Morgan fingerprint density at radius 3 is 2.78 bits per heavy atom. The predicted molar refractivity (Wildman–Crippen MR) is 65.8 cm³/mol. The topological polar surface area (TPSA) is 63.6 Å². The van der Waals surface area contributed by atoms with Crippen molar-refractivity contribution in [3.63, 3.8) is 0 Å². The maximum Gasteiger partial charge on any atom is 0.306 e. The van der Waals surface area contributed by atoms with E-state index in [-0.39, 0.29) is 30.2 Å². The van der Waals surface area contributed by atoms with E-state index < -0.39 is 12.0 Å². The van der Waals surface area contributed by atoms with Gasteiger partial charge in [0.25, 0.3) is 0 Å². The van der Waals surface area contributed by atoms with E-state index in [4.69, 9.17) is 4.74 Å². The second-order valence-electron chi connectivity index (χ2n) is 5.31. The Labute approximate surface area is 107 Å². The van der Waals surface area contributed by atoms with Crippen LogP contribution in [0.4, 0.5) is 0 Å². The number of fused-ring (bicyclic) bond motifs is 1. The van der Waals surface area contributed by atoms with Crippen molar-refractivity contribution in [2.75, 3.05) is 0 Å². The molecule has 100 valence electrons. The molecule has 0 aromatic rings. The van der Waals surface area contributed by atoms with Gasteiger partial charge in [0.2, 0.25) is 0 Å². The summed E-state index contributed by atoms with van der Waals surface area (Å²) >= 11 is 0. The van der Waals surface area contributed by atoms with Crippen molar-refractivity contribution in [1.29, 1.82) is 0 Å². The number of cyclic esters (lactones) is 1. The van der Waals surface area contributed by atoms with Crippen LogP contribution in [0.15, 0.2) is 12.2 Å². The van der Waals surface area contributed by atoms with Crippen LogP contribution >= 0.6 is 0 Å². The molecule has 0 bridgehead atoms. The molecule has 4 nitrogen and oxygen atoms in total. The van der Waals surface area contributed by atoms with E-state index in [1.54, 1.807) is 6.08 Å². The van der Waals surface area contributed by atoms with Gasteiger partial charge >= 0.3 is 5.97 Å². The Kier molecular flexibility index (Phi) is 4.17. The fourth-order valence-electron chi connectivity index (χ4n) is 2.86. The van der Waals surface area contributed by atoms with E-state index in [1.165, 1.54) is 6.08 Å². The molecule has 1 saturated heterocycles. The van der Waals surface area contributed by atoms with Gasteiger partial charge in [0.1, 0.15) is 0 Å². The van der Waals surface area contributed by atoms with Crippen molar-refractivity contribution in [1.82, 2.24) is 0 Å². The molecule has 1 aliphatic heterocycles. The molecule has 0 aromatic heterocycles. The minimum Gasteiger partial charge on any atom is -0.463 e. The Hall–Kier alpha value is -1.16. The van der Waals surface area contributed by atoms with Crippen molar-refractivity contribution in [2.45, 2.75) is 51.2 Å². The van der Waals surface area contributed by atoms with Crippen molar-refractivity contribution in [3.05, 3.63) is 12.2 Å². The molecule has 0 amide bonds. The maximum absolute atomic E-state index is 11.9. The molecule has 0 radical (unpaired) electrons. The van der Waals surface area contributed by atoms with Crippen molar-refractivity contribution < 1.29 is 19.4 Å². The number of aliphatic hydroxyl groups excluding tert-OH is 1. The van der Waals surface area contributed by atoms with E-state index in [9.17, 15) is 14.7 Å². The number of hydrogen-bond donors (Lipinski definition) is 1. The highest BCUT2D eigenvalue weighted by atomic mass is 16.5. The van der Waals surface area contributed by atoms with Crippen LogP contribution in [-0.2, 0) is 14.3 Å². The van der Waals surface area contributed by atoms with Gasteiger partial charge in [0.15, 0.2) is 5.78 Å². The van der Waals surface area contributed by atoms with Gasteiger partial charge in [-0.1, -0.05) is 12.5 Å². The lowest BCUT2D eigenvalue weighted by molar-refractivity contribution is -0.152. The summed E-state index contributed by atoms with van der Waals surface area (Å²) < 4.78 is 5.26. The Morgan fingerprint density at radius 1 is 1.28 bits per heavy atom. The molecule has 4 heteroatoms. The smallest absolute Gasteiger partial charge is 0.306 e. The summed E-state index contributed by atoms with van der Waals surface area (Å²) in [5, 5.41) is 9.95. The summed E-state index contributed by atoms with van der Waals surface area (Å²) in [4.78, 5) is 23.6. The van der Waals surface area contributed by atoms with Crippen LogP contribution in [0.1, 0.15) is 39.0 Å². The van der Waals surface area contributed by atoms with Gasteiger partial charge in [0.05, 0.1) is 18.6 Å². The van der Waals surface area contributed by atoms with Crippen LogP contribution < -0.4 is 0 Å². The molecular weight excluding hydrogens is 232 g/mol. The van der Waals surface area contributed by atoms with Crippen LogP contribution in [0.3, 0.4) is 0 Å². The highest BCUT2D eigenvalue weighted by Crippen LogP contribution is 2.32. The van der Waals surface area contributed by atoms with Crippen LogP contribution in [0.5, 0.6) is 0 Å². The summed E-state index contributed by atoms with van der Waals surface area (Å²) in [6.45, 7) is 1.88. The molecule has 1 fully saturated rings. The lowest BCUT2D eigenvalue weighted by Crippen LogP contribution is -2.37. The molecule has 0 saturated carbocycles. The molecule has 4 atom stereocenters. The van der Waals surface area contributed by atoms with E-state index in [0.29, 0.717) is 0 Å². The van der Waals surface area contributed by atoms with E-state index in [1.807, 2.05) is 6.92 Å². The summed E-state index contributed by atoms with van der Waals surface area (Å²) in [5.41, 5.74) is 0. The standard InChI is InChI=1S/C14H20O4/c1-9-4-2-3-5-10-11(8-14(17)18-9)13(16)7-6-12(10)15/h6-7,9-12,15H,2-5,8H2,1H3/t9-,10-,11+,12-/m0/s1. The number of ether oxygens (including phenoxy) is 1. The maximum atomic E-state index is 11.9. The first-order valence-electron chi connectivity index (χ1n) is 6.67. The quantitative estimate of drug-likeness (QED) is 0.665. The van der Waals surface area contributed by atoms with Crippen molar-refractivity contribution in [3.8, 4) is 0 Å². The number of rotatable bonds is 0. The summed E-state index contributed by atoms with van der Waals surface area (Å²) in [6, 6.07) is 0. The monoisotopic (exact) mass is 252 g/mol. The third-order valence-electron chi connectivity index (χ3n) is 3.90. The van der Waals surface area contributed by atoms with Gasteiger partial charge < -0.3 is 9.84 Å². The third kappa shape index (κ3) is 2.99. The Balaban J connectivity index is 2.15. The van der Waals surface area contributed by atoms with E-state index in [2.05, 4.69) is 0 Å². The molecular formula is C14H20O4. The number of aliphatic hydroxyl groups is 1. The zero-order valence-electron chi connectivity index (χ0n) is 10.7. The number of ketones is 1.